The monoisotopic (exact) mass is 338 g/mol. The maximum absolute atomic E-state index is 12.6. The van der Waals surface area contributed by atoms with Gasteiger partial charge in [0.15, 0.2) is 0 Å². The van der Waals surface area contributed by atoms with Crippen LogP contribution in [0.5, 0.6) is 0 Å². The molecule has 0 aliphatic heterocycles. The van der Waals surface area contributed by atoms with Gasteiger partial charge in [0.05, 0.1) is 11.0 Å². The third kappa shape index (κ3) is 2.18. The first kappa shape index (κ1) is 14.7. The Hall–Kier alpha value is -3.60. The summed E-state index contributed by atoms with van der Waals surface area (Å²) in [7, 11) is 0. The van der Waals surface area contributed by atoms with Crippen LogP contribution in [0.2, 0.25) is 0 Å². The SMILES string of the molecule is Cc1ccc(C(=O)Nc2ncc3ccc4ncnc5ccc2c3c45)cc1. The first-order valence-electron chi connectivity index (χ1n) is 8.33. The lowest BCUT2D eigenvalue weighted by molar-refractivity contribution is 0.102. The van der Waals surface area contributed by atoms with Crippen LogP contribution in [0, 0.1) is 6.92 Å². The molecule has 0 fully saturated rings. The minimum atomic E-state index is -0.177. The zero-order valence-corrected chi connectivity index (χ0v) is 14.0. The molecule has 5 rings (SSSR count). The van der Waals surface area contributed by atoms with Crippen molar-refractivity contribution < 1.29 is 4.79 Å². The summed E-state index contributed by atoms with van der Waals surface area (Å²) >= 11 is 0. The van der Waals surface area contributed by atoms with Gasteiger partial charge in [-0.25, -0.2) is 15.0 Å². The number of aromatic nitrogens is 3. The molecule has 2 aromatic heterocycles. The number of carbonyl (C=O) groups is 1. The second-order valence-corrected chi connectivity index (χ2v) is 6.36. The zero-order chi connectivity index (χ0) is 17.7. The van der Waals surface area contributed by atoms with Gasteiger partial charge in [-0.2, -0.15) is 0 Å². The van der Waals surface area contributed by atoms with Crippen molar-refractivity contribution in [2.75, 3.05) is 5.32 Å². The number of benzene rings is 3. The van der Waals surface area contributed by atoms with Crippen LogP contribution in [-0.2, 0) is 0 Å². The lowest BCUT2D eigenvalue weighted by atomic mass is 10.0. The molecule has 0 aliphatic carbocycles. The first-order chi connectivity index (χ1) is 12.7. The van der Waals surface area contributed by atoms with Crippen molar-refractivity contribution in [2.45, 2.75) is 6.92 Å². The average molecular weight is 338 g/mol. The van der Waals surface area contributed by atoms with Crippen LogP contribution in [0.25, 0.3) is 32.6 Å². The molecule has 0 saturated carbocycles. The molecule has 26 heavy (non-hydrogen) atoms. The van der Waals surface area contributed by atoms with Gasteiger partial charge in [-0.1, -0.05) is 23.8 Å². The highest BCUT2D eigenvalue weighted by Crippen LogP contribution is 2.35. The molecular formula is C21H14N4O. The van der Waals surface area contributed by atoms with Gasteiger partial charge in [0, 0.05) is 33.3 Å². The number of nitrogens with zero attached hydrogens (tertiary/aromatic N) is 3. The standard InChI is InChI=1S/C21H14N4O/c1-12-2-4-13(5-3-12)21(26)25-20-15-7-9-17-19-16(23-11-24-17)8-6-14(10-22-20)18(15)19/h2-11H,1H3,(H,22,25,26). The number of rotatable bonds is 2. The van der Waals surface area contributed by atoms with E-state index < -0.39 is 0 Å². The third-order valence-electron chi connectivity index (χ3n) is 4.68. The van der Waals surface area contributed by atoms with E-state index in [4.69, 9.17) is 0 Å². The van der Waals surface area contributed by atoms with Crippen molar-refractivity contribution in [3.8, 4) is 0 Å². The Morgan fingerprint density at radius 2 is 1.58 bits per heavy atom. The van der Waals surface area contributed by atoms with E-state index in [1.54, 1.807) is 12.5 Å². The second-order valence-electron chi connectivity index (χ2n) is 6.36. The van der Waals surface area contributed by atoms with Gasteiger partial charge in [-0.15, -0.1) is 0 Å². The minimum absolute atomic E-state index is 0.177. The van der Waals surface area contributed by atoms with E-state index in [0.29, 0.717) is 11.4 Å². The highest BCUT2D eigenvalue weighted by atomic mass is 16.1. The molecule has 0 spiro atoms. The number of amides is 1. The summed E-state index contributed by atoms with van der Waals surface area (Å²) in [6.07, 6.45) is 3.35. The van der Waals surface area contributed by atoms with Gasteiger partial charge in [-0.05, 0) is 37.3 Å². The van der Waals surface area contributed by atoms with Gasteiger partial charge in [0.25, 0.3) is 5.91 Å². The maximum Gasteiger partial charge on any atom is 0.256 e. The molecule has 1 amide bonds. The molecule has 0 bridgehead atoms. The largest absolute Gasteiger partial charge is 0.306 e. The van der Waals surface area contributed by atoms with Crippen LogP contribution >= 0.6 is 0 Å². The zero-order valence-electron chi connectivity index (χ0n) is 14.0. The van der Waals surface area contributed by atoms with E-state index in [1.165, 1.54) is 0 Å². The Kier molecular flexibility index (Phi) is 3.09. The summed E-state index contributed by atoms with van der Waals surface area (Å²) in [6, 6.07) is 15.3. The molecule has 5 nitrogen and oxygen atoms in total. The fourth-order valence-electron chi connectivity index (χ4n) is 3.35. The van der Waals surface area contributed by atoms with Crippen LogP contribution in [-0.4, -0.2) is 20.9 Å². The van der Waals surface area contributed by atoms with E-state index >= 15 is 0 Å². The van der Waals surface area contributed by atoms with Gasteiger partial charge in [-0.3, -0.25) is 4.79 Å². The number of anilines is 1. The number of hydrogen-bond acceptors (Lipinski definition) is 4. The predicted octanol–water partition coefficient (Wildman–Crippen LogP) is 4.33. The van der Waals surface area contributed by atoms with Crippen LogP contribution in [0.4, 0.5) is 5.82 Å². The normalized spacial score (nSPS) is 11.4. The fourth-order valence-corrected chi connectivity index (χ4v) is 3.35. The van der Waals surface area contributed by atoms with E-state index in [9.17, 15) is 4.79 Å². The van der Waals surface area contributed by atoms with Gasteiger partial charge in [0.1, 0.15) is 12.1 Å². The van der Waals surface area contributed by atoms with Crippen molar-refractivity contribution in [3.63, 3.8) is 0 Å². The average Bonchev–Trinajstić information content (AvgIpc) is 2.67. The summed E-state index contributed by atoms with van der Waals surface area (Å²) < 4.78 is 0. The summed E-state index contributed by atoms with van der Waals surface area (Å²) in [5, 5.41) is 6.85. The lowest BCUT2D eigenvalue weighted by Gasteiger charge is -2.12. The lowest BCUT2D eigenvalue weighted by Crippen LogP contribution is -2.13. The second kappa shape index (κ2) is 5.46. The van der Waals surface area contributed by atoms with Crippen LogP contribution < -0.4 is 5.32 Å². The number of aryl methyl sites for hydroxylation is 1. The number of nitrogens with one attached hydrogen (secondary N) is 1. The topological polar surface area (TPSA) is 67.8 Å². The Bertz CT molecular complexity index is 1260. The molecule has 124 valence electrons. The van der Waals surface area contributed by atoms with Crippen molar-refractivity contribution in [1.29, 1.82) is 0 Å². The molecule has 0 aliphatic rings. The maximum atomic E-state index is 12.6. The predicted molar refractivity (Wildman–Crippen MR) is 103 cm³/mol. The van der Waals surface area contributed by atoms with Crippen molar-refractivity contribution >= 4 is 44.3 Å². The number of pyridine rings is 1. The smallest absolute Gasteiger partial charge is 0.256 e. The first-order valence-corrected chi connectivity index (χ1v) is 8.33. The highest BCUT2D eigenvalue weighted by molar-refractivity contribution is 6.24. The van der Waals surface area contributed by atoms with Crippen molar-refractivity contribution in [1.82, 2.24) is 15.0 Å². The molecular weight excluding hydrogens is 324 g/mol. The highest BCUT2D eigenvalue weighted by Gasteiger charge is 2.15. The molecule has 0 atom stereocenters. The summed E-state index contributed by atoms with van der Waals surface area (Å²) in [6.45, 7) is 1.99. The Morgan fingerprint density at radius 1 is 0.846 bits per heavy atom. The Morgan fingerprint density at radius 3 is 2.35 bits per heavy atom. The van der Waals surface area contributed by atoms with Gasteiger partial charge < -0.3 is 5.32 Å². The van der Waals surface area contributed by atoms with Crippen LogP contribution in [0.1, 0.15) is 15.9 Å². The van der Waals surface area contributed by atoms with Crippen LogP contribution in [0.3, 0.4) is 0 Å². The van der Waals surface area contributed by atoms with Gasteiger partial charge >= 0.3 is 0 Å². The molecule has 0 saturated heterocycles. The molecule has 5 aromatic rings. The summed E-state index contributed by atoms with van der Waals surface area (Å²) in [5.41, 5.74) is 3.49. The minimum Gasteiger partial charge on any atom is -0.306 e. The summed E-state index contributed by atoms with van der Waals surface area (Å²) in [4.78, 5) is 25.8. The third-order valence-corrected chi connectivity index (χ3v) is 4.68. The quantitative estimate of drug-likeness (QED) is 0.487. The van der Waals surface area contributed by atoms with Gasteiger partial charge in [0.2, 0.25) is 0 Å². The van der Waals surface area contributed by atoms with Crippen molar-refractivity contribution in [3.05, 3.63) is 72.2 Å². The van der Waals surface area contributed by atoms with E-state index in [1.807, 2.05) is 55.5 Å². The molecule has 0 unspecified atom stereocenters. The Balaban J connectivity index is 1.68. The Labute approximate surface area is 149 Å². The molecule has 1 N–H and O–H groups in total. The van der Waals surface area contributed by atoms with E-state index in [2.05, 4.69) is 20.3 Å². The number of carbonyl (C=O) groups excluding carboxylic acids is 1. The molecule has 0 radical (unpaired) electrons. The van der Waals surface area contributed by atoms with Crippen LogP contribution in [0.15, 0.2) is 61.1 Å². The molecule has 2 heterocycles. The van der Waals surface area contributed by atoms with E-state index in [-0.39, 0.29) is 5.91 Å². The number of hydrogen-bond donors (Lipinski definition) is 1. The molecule has 3 aromatic carbocycles. The summed E-state index contributed by atoms with van der Waals surface area (Å²) in [5.74, 6) is 0.366. The van der Waals surface area contributed by atoms with Crippen molar-refractivity contribution in [2.24, 2.45) is 0 Å². The fraction of sp³-hybridized carbons (Fsp3) is 0.0476. The van der Waals surface area contributed by atoms with E-state index in [0.717, 1.165) is 38.1 Å². The molecule has 5 heteroatoms.